The highest BCUT2D eigenvalue weighted by Crippen LogP contribution is 2.30. The van der Waals surface area contributed by atoms with Crippen LogP contribution >= 0.6 is 11.8 Å². The average Bonchev–Trinajstić information content (AvgIpc) is 2.39. The number of carbonyl (C=O) groups is 1. The second-order valence-corrected chi connectivity index (χ2v) is 6.25. The molecule has 1 atom stereocenters. The highest BCUT2D eigenvalue weighted by molar-refractivity contribution is 8.00. The van der Waals surface area contributed by atoms with E-state index in [4.69, 9.17) is 0 Å². The molecule has 0 aliphatic rings. The summed E-state index contributed by atoms with van der Waals surface area (Å²) in [5.74, 6) is 0.859. The van der Waals surface area contributed by atoms with Gasteiger partial charge < -0.3 is 5.32 Å². The van der Waals surface area contributed by atoms with Gasteiger partial charge in [-0.3, -0.25) is 4.79 Å². The van der Waals surface area contributed by atoms with Gasteiger partial charge in [0.15, 0.2) is 5.82 Å². The number of thioether (sulfide) groups is 1. The minimum absolute atomic E-state index is 0.125. The maximum absolute atomic E-state index is 11.4. The molecule has 0 spiro atoms. The molecule has 20 heavy (non-hydrogen) atoms. The lowest BCUT2D eigenvalue weighted by molar-refractivity contribution is -0.116. The van der Waals surface area contributed by atoms with Gasteiger partial charge in [-0.15, -0.1) is 0 Å². The number of anilines is 1. The molecule has 106 valence electrons. The Morgan fingerprint density at radius 3 is 2.25 bits per heavy atom. The summed E-state index contributed by atoms with van der Waals surface area (Å²) in [6.45, 7) is 7.61. The predicted octanol–water partition coefficient (Wildman–Crippen LogP) is 3.36. The number of ketones is 1. The topological polar surface area (TPSA) is 54.9 Å². The summed E-state index contributed by atoms with van der Waals surface area (Å²) in [7, 11) is 1.82. The van der Waals surface area contributed by atoms with Crippen LogP contribution in [0.25, 0.3) is 11.0 Å². The molecule has 1 aromatic heterocycles. The fraction of sp³-hybridized carbons (Fsp3) is 0.400. The zero-order valence-electron chi connectivity index (χ0n) is 12.4. The molecule has 0 radical (unpaired) electrons. The van der Waals surface area contributed by atoms with Crippen molar-refractivity contribution in [1.82, 2.24) is 9.97 Å². The van der Waals surface area contributed by atoms with Crippen LogP contribution in [0.5, 0.6) is 0 Å². The highest BCUT2D eigenvalue weighted by Gasteiger charge is 2.15. The molecule has 1 aromatic carbocycles. The number of fused-ring (bicyclic) bond motifs is 1. The molecule has 0 saturated carbocycles. The van der Waals surface area contributed by atoms with Gasteiger partial charge in [-0.05, 0) is 51.0 Å². The van der Waals surface area contributed by atoms with E-state index in [1.165, 1.54) is 22.9 Å². The van der Waals surface area contributed by atoms with Crippen LogP contribution in [0.15, 0.2) is 17.2 Å². The number of nitrogens with one attached hydrogen (secondary N) is 1. The zero-order chi connectivity index (χ0) is 14.9. The predicted molar refractivity (Wildman–Crippen MR) is 84.6 cm³/mol. The van der Waals surface area contributed by atoms with Crippen molar-refractivity contribution in [3.8, 4) is 0 Å². The number of aromatic nitrogens is 2. The van der Waals surface area contributed by atoms with Gasteiger partial charge >= 0.3 is 0 Å². The van der Waals surface area contributed by atoms with Gasteiger partial charge in [0, 0.05) is 7.05 Å². The number of aryl methyl sites for hydroxylation is 2. The smallest absolute Gasteiger partial charge is 0.159 e. The zero-order valence-corrected chi connectivity index (χ0v) is 13.3. The molecule has 0 aliphatic carbocycles. The van der Waals surface area contributed by atoms with Crippen molar-refractivity contribution in [3.63, 3.8) is 0 Å². The van der Waals surface area contributed by atoms with E-state index in [1.54, 1.807) is 6.92 Å². The van der Waals surface area contributed by atoms with Crippen LogP contribution in [0.4, 0.5) is 5.82 Å². The number of hydrogen-bond donors (Lipinski definition) is 1. The van der Waals surface area contributed by atoms with Crippen LogP contribution in [0.3, 0.4) is 0 Å². The molecule has 2 aromatic rings. The van der Waals surface area contributed by atoms with Gasteiger partial charge in [0.05, 0.1) is 16.3 Å². The van der Waals surface area contributed by atoms with Crippen LogP contribution in [0, 0.1) is 13.8 Å². The maximum atomic E-state index is 11.4. The fourth-order valence-electron chi connectivity index (χ4n) is 1.79. The third-order valence-electron chi connectivity index (χ3n) is 3.35. The summed E-state index contributed by atoms with van der Waals surface area (Å²) >= 11 is 1.44. The molecule has 5 heteroatoms. The first kappa shape index (κ1) is 14.8. The number of benzene rings is 1. The van der Waals surface area contributed by atoms with Crippen LogP contribution in [0.2, 0.25) is 0 Å². The average molecular weight is 289 g/mol. The van der Waals surface area contributed by atoms with Crippen molar-refractivity contribution in [3.05, 3.63) is 23.3 Å². The van der Waals surface area contributed by atoms with E-state index in [2.05, 4.69) is 29.1 Å². The Morgan fingerprint density at radius 1 is 1.20 bits per heavy atom. The van der Waals surface area contributed by atoms with Gasteiger partial charge in [-0.2, -0.15) is 0 Å². The van der Waals surface area contributed by atoms with E-state index in [0.29, 0.717) is 0 Å². The lowest BCUT2D eigenvalue weighted by Gasteiger charge is -2.12. The van der Waals surface area contributed by atoms with Gasteiger partial charge in [-0.25, -0.2) is 9.97 Å². The first-order valence-corrected chi connectivity index (χ1v) is 7.44. The van der Waals surface area contributed by atoms with Gasteiger partial charge in [-0.1, -0.05) is 11.8 Å². The Morgan fingerprint density at radius 2 is 1.75 bits per heavy atom. The third-order valence-corrected chi connectivity index (χ3v) is 4.54. The summed E-state index contributed by atoms with van der Waals surface area (Å²) in [6, 6.07) is 4.08. The van der Waals surface area contributed by atoms with E-state index in [-0.39, 0.29) is 11.0 Å². The molecule has 1 heterocycles. The molecular weight excluding hydrogens is 270 g/mol. The molecule has 2 rings (SSSR count). The van der Waals surface area contributed by atoms with Crippen molar-refractivity contribution < 1.29 is 4.79 Å². The lowest BCUT2D eigenvalue weighted by atomic mass is 10.1. The van der Waals surface area contributed by atoms with Crippen LogP contribution in [-0.4, -0.2) is 28.0 Å². The Kier molecular flexibility index (Phi) is 4.28. The van der Waals surface area contributed by atoms with Crippen LogP contribution < -0.4 is 5.32 Å². The maximum Gasteiger partial charge on any atom is 0.159 e. The van der Waals surface area contributed by atoms with E-state index < -0.39 is 0 Å². The van der Waals surface area contributed by atoms with E-state index >= 15 is 0 Å². The number of Topliss-reactive ketones (excluding diaryl/α,β-unsaturated/α-hetero) is 1. The molecule has 0 aliphatic heterocycles. The Labute approximate surface area is 123 Å². The van der Waals surface area contributed by atoms with Gasteiger partial charge in [0.2, 0.25) is 0 Å². The fourth-order valence-corrected chi connectivity index (χ4v) is 2.70. The number of hydrogen-bond acceptors (Lipinski definition) is 5. The molecule has 0 bridgehead atoms. The minimum Gasteiger partial charge on any atom is -0.371 e. The lowest BCUT2D eigenvalue weighted by Crippen LogP contribution is -2.09. The van der Waals surface area contributed by atoms with Gasteiger partial charge in [0.1, 0.15) is 10.8 Å². The molecule has 1 N–H and O–H groups in total. The Hall–Kier alpha value is -1.62. The van der Waals surface area contributed by atoms with Crippen molar-refractivity contribution in [2.75, 3.05) is 12.4 Å². The molecular formula is C15H19N3OS. The molecule has 0 saturated heterocycles. The summed E-state index contributed by atoms with van der Waals surface area (Å²) in [4.78, 5) is 20.7. The van der Waals surface area contributed by atoms with E-state index in [9.17, 15) is 4.79 Å². The number of nitrogens with zero attached hydrogens (tertiary/aromatic N) is 2. The summed E-state index contributed by atoms with van der Waals surface area (Å²) in [5, 5.41) is 3.71. The highest BCUT2D eigenvalue weighted by atomic mass is 32.2. The van der Waals surface area contributed by atoms with E-state index in [1.807, 2.05) is 26.1 Å². The van der Waals surface area contributed by atoms with E-state index in [0.717, 1.165) is 21.9 Å². The summed E-state index contributed by atoms with van der Waals surface area (Å²) < 4.78 is 0. The SMILES string of the molecule is CNc1nc2cc(C)c(C)cc2nc1SC(C)C(C)=O. The first-order valence-electron chi connectivity index (χ1n) is 6.56. The van der Waals surface area contributed by atoms with Crippen molar-refractivity contribution in [2.24, 2.45) is 0 Å². The molecule has 0 amide bonds. The molecule has 1 unspecified atom stereocenters. The monoisotopic (exact) mass is 289 g/mol. The number of rotatable bonds is 4. The second kappa shape index (κ2) is 5.79. The van der Waals surface area contributed by atoms with Crippen molar-refractivity contribution >= 4 is 34.4 Å². The largest absolute Gasteiger partial charge is 0.371 e. The first-order chi connectivity index (χ1) is 9.42. The number of carbonyl (C=O) groups excluding carboxylic acids is 1. The molecule has 4 nitrogen and oxygen atoms in total. The summed E-state index contributed by atoms with van der Waals surface area (Å²) in [6.07, 6.45) is 0. The van der Waals surface area contributed by atoms with Gasteiger partial charge in [0.25, 0.3) is 0 Å². The summed E-state index contributed by atoms with van der Waals surface area (Å²) in [5.41, 5.74) is 4.13. The van der Waals surface area contributed by atoms with Crippen LogP contribution in [-0.2, 0) is 4.79 Å². The Balaban J connectivity index is 2.53. The third kappa shape index (κ3) is 2.93. The second-order valence-electron chi connectivity index (χ2n) is 4.92. The standard InChI is InChI=1S/C15H19N3OS/c1-8-6-12-13(7-9(8)2)18-15(14(16-5)17-12)20-11(4)10(3)19/h6-7,11H,1-5H3,(H,16,17). The Bertz CT molecular complexity index is 670. The van der Waals surface area contributed by atoms with Crippen molar-refractivity contribution in [2.45, 2.75) is 38.0 Å². The van der Waals surface area contributed by atoms with Crippen LogP contribution in [0.1, 0.15) is 25.0 Å². The quantitative estimate of drug-likeness (QED) is 0.875. The van der Waals surface area contributed by atoms with Crippen molar-refractivity contribution in [1.29, 1.82) is 0 Å². The normalized spacial score (nSPS) is 12.4. The minimum atomic E-state index is -0.125. The molecule has 0 fully saturated rings.